The Balaban J connectivity index is 2.19. The van der Waals surface area contributed by atoms with Crippen LogP contribution in [0.4, 0.5) is 17.3 Å². The van der Waals surface area contributed by atoms with Crippen LogP contribution in [0.2, 0.25) is 0 Å². The molecule has 5 nitrogen and oxygen atoms in total. The largest absolute Gasteiger partial charge is 0.340 e. The lowest BCUT2D eigenvalue weighted by Crippen LogP contribution is -2.12. The number of aromatic nitrogens is 2. The summed E-state index contributed by atoms with van der Waals surface area (Å²) in [6, 6.07) is 10.2. The number of nitrogen functional groups attached to an aromatic ring is 1. The number of aryl methyl sites for hydroxylation is 1. The average Bonchev–Trinajstić information content (AvgIpc) is 2.49. The zero-order valence-corrected chi connectivity index (χ0v) is 12.9. The van der Waals surface area contributed by atoms with Gasteiger partial charge in [0.25, 0.3) is 0 Å². The molecule has 1 aromatic carbocycles. The fourth-order valence-corrected chi connectivity index (χ4v) is 2.05. The Labute approximate surface area is 126 Å². The average molecular weight is 285 g/mol. The number of nitrogens with zero attached hydrogens (tertiary/aromatic N) is 2. The summed E-state index contributed by atoms with van der Waals surface area (Å²) in [6.07, 6.45) is 2.26. The smallest absolute Gasteiger partial charge is 0.145 e. The van der Waals surface area contributed by atoms with Crippen molar-refractivity contribution in [3.05, 3.63) is 41.7 Å². The highest BCUT2D eigenvalue weighted by atomic mass is 15.3. The monoisotopic (exact) mass is 285 g/mol. The third kappa shape index (κ3) is 4.16. The quantitative estimate of drug-likeness (QED) is 0.558. The van der Waals surface area contributed by atoms with Crippen LogP contribution in [-0.4, -0.2) is 9.97 Å². The molecule has 4 N–H and O–H groups in total. The maximum Gasteiger partial charge on any atom is 0.145 e. The number of rotatable bonds is 6. The summed E-state index contributed by atoms with van der Waals surface area (Å²) in [4.78, 5) is 8.86. The van der Waals surface area contributed by atoms with Crippen LogP contribution in [0.15, 0.2) is 30.3 Å². The molecule has 5 heteroatoms. The molecule has 0 aliphatic carbocycles. The second-order valence-corrected chi connectivity index (χ2v) is 5.37. The summed E-state index contributed by atoms with van der Waals surface area (Å²) in [5.41, 5.74) is 4.93. The molecule has 0 saturated carbocycles. The molecule has 0 aliphatic rings. The number of nitrogens with one attached hydrogen (secondary N) is 2. The van der Waals surface area contributed by atoms with E-state index in [1.807, 2.05) is 0 Å². The fraction of sp³-hybridized carbons (Fsp3) is 0.375. The summed E-state index contributed by atoms with van der Waals surface area (Å²) in [7, 11) is 0. The molecular formula is C16H23N5. The van der Waals surface area contributed by atoms with Crippen LogP contribution in [0.3, 0.4) is 0 Å². The molecule has 0 saturated heterocycles. The van der Waals surface area contributed by atoms with Crippen LogP contribution in [-0.2, 0) is 6.42 Å². The molecule has 0 unspecified atom stereocenters. The van der Waals surface area contributed by atoms with Gasteiger partial charge in [-0.05, 0) is 24.1 Å². The lowest BCUT2D eigenvalue weighted by Gasteiger charge is -2.11. The molecule has 1 aromatic heterocycles. The Kier molecular flexibility index (Phi) is 5.11. The van der Waals surface area contributed by atoms with E-state index in [1.54, 1.807) is 6.07 Å². The van der Waals surface area contributed by atoms with Gasteiger partial charge in [-0.3, -0.25) is 0 Å². The van der Waals surface area contributed by atoms with E-state index in [0.717, 1.165) is 30.2 Å². The minimum absolute atomic E-state index is 0.241. The molecule has 0 radical (unpaired) electrons. The molecule has 0 aliphatic heterocycles. The van der Waals surface area contributed by atoms with Gasteiger partial charge in [-0.1, -0.05) is 39.3 Å². The molecule has 2 rings (SSSR count). The topological polar surface area (TPSA) is 75.9 Å². The number of benzene rings is 1. The van der Waals surface area contributed by atoms with Crippen molar-refractivity contribution < 1.29 is 0 Å². The highest BCUT2D eigenvalue weighted by molar-refractivity contribution is 5.59. The van der Waals surface area contributed by atoms with E-state index < -0.39 is 0 Å². The van der Waals surface area contributed by atoms with E-state index in [9.17, 15) is 0 Å². The molecule has 0 spiro atoms. The number of hydrogen-bond acceptors (Lipinski definition) is 5. The van der Waals surface area contributed by atoms with Gasteiger partial charge in [0.05, 0.1) is 0 Å². The van der Waals surface area contributed by atoms with Gasteiger partial charge in [0.2, 0.25) is 0 Å². The van der Waals surface area contributed by atoms with E-state index in [0.29, 0.717) is 5.82 Å². The zero-order chi connectivity index (χ0) is 15.2. The van der Waals surface area contributed by atoms with E-state index in [4.69, 9.17) is 5.84 Å². The number of nitrogens with two attached hydrogens (primary N) is 1. The molecule has 0 bridgehead atoms. The van der Waals surface area contributed by atoms with Gasteiger partial charge in [0, 0.05) is 17.7 Å². The summed E-state index contributed by atoms with van der Waals surface area (Å²) in [5, 5.41) is 3.30. The lowest BCUT2D eigenvalue weighted by atomic mass is 10.1. The van der Waals surface area contributed by atoms with Crippen molar-refractivity contribution in [2.45, 2.75) is 39.5 Å². The van der Waals surface area contributed by atoms with Crippen LogP contribution in [0.1, 0.15) is 44.5 Å². The maximum atomic E-state index is 5.47. The summed E-state index contributed by atoms with van der Waals surface area (Å²) in [5.74, 6) is 7.82. The third-order valence-electron chi connectivity index (χ3n) is 3.17. The van der Waals surface area contributed by atoms with E-state index >= 15 is 0 Å². The molecule has 1 heterocycles. The van der Waals surface area contributed by atoms with Crippen LogP contribution in [0.5, 0.6) is 0 Å². The van der Waals surface area contributed by atoms with Crippen molar-refractivity contribution in [2.75, 3.05) is 10.7 Å². The predicted molar refractivity (Wildman–Crippen MR) is 87.7 cm³/mol. The first-order valence-electron chi connectivity index (χ1n) is 7.34. The second-order valence-electron chi connectivity index (χ2n) is 5.37. The summed E-state index contributed by atoms with van der Waals surface area (Å²) in [6.45, 7) is 6.29. The molecule has 21 heavy (non-hydrogen) atoms. The number of hydrogen-bond donors (Lipinski definition) is 3. The van der Waals surface area contributed by atoms with Gasteiger partial charge < -0.3 is 10.7 Å². The van der Waals surface area contributed by atoms with Crippen molar-refractivity contribution in [3.8, 4) is 0 Å². The van der Waals surface area contributed by atoms with Gasteiger partial charge >= 0.3 is 0 Å². The first-order valence-corrected chi connectivity index (χ1v) is 7.34. The minimum atomic E-state index is 0.241. The normalized spacial score (nSPS) is 10.7. The summed E-state index contributed by atoms with van der Waals surface area (Å²) < 4.78 is 0. The minimum Gasteiger partial charge on any atom is -0.340 e. The number of anilines is 3. The SMILES string of the molecule is CCCc1ccc(Nc2cc(NN)nc(C(C)C)n2)cc1. The van der Waals surface area contributed by atoms with Crippen molar-refractivity contribution in [1.82, 2.24) is 9.97 Å². The van der Waals surface area contributed by atoms with Crippen molar-refractivity contribution in [3.63, 3.8) is 0 Å². The lowest BCUT2D eigenvalue weighted by molar-refractivity contribution is 0.777. The van der Waals surface area contributed by atoms with Crippen LogP contribution < -0.4 is 16.6 Å². The molecule has 0 amide bonds. The molecule has 112 valence electrons. The van der Waals surface area contributed by atoms with Crippen molar-refractivity contribution in [2.24, 2.45) is 5.84 Å². The van der Waals surface area contributed by atoms with Crippen LogP contribution in [0, 0.1) is 0 Å². The molecule has 0 fully saturated rings. The first kappa shape index (κ1) is 15.3. The second kappa shape index (κ2) is 7.04. The Bertz CT molecular complexity index is 578. The van der Waals surface area contributed by atoms with Gasteiger partial charge in [0.15, 0.2) is 0 Å². The fourth-order valence-electron chi connectivity index (χ4n) is 2.05. The summed E-state index contributed by atoms with van der Waals surface area (Å²) >= 11 is 0. The first-order chi connectivity index (χ1) is 10.1. The Hall–Kier alpha value is -2.14. The van der Waals surface area contributed by atoms with Gasteiger partial charge in [-0.15, -0.1) is 0 Å². The number of hydrazine groups is 1. The highest BCUT2D eigenvalue weighted by Crippen LogP contribution is 2.20. The van der Waals surface area contributed by atoms with Gasteiger partial charge in [-0.2, -0.15) is 0 Å². The van der Waals surface area contributed by atoms with E-state index in [2.05, 4.69) is 65.7 Å². The van der Waals surface area contributed by atoms with Gasteiger partial charge in [-0.25, -0.2) is 15.8 Å². The van der Waals surface area contributed by atoms with Crippen molar-refractivity contribution in [1.29, 1.82) is 0 Å². The Morgan fingerprint density at radius 3 is 2.33 bits per heavy atom. The Morgan fingerprint density at radius 1 is 1.10 bits per heavy atom. The van der Waals surface area contributed by atoms with Gasteiger partial charge in [0.1, 0.15) is 17.5 Å². The van der Waals surface area contributed by atoms with Crippen LogP contribution in [0.25, 0.3) is 0 Å². The molecular weight excluding hydrogens is 262 g/mol. The van der Waals surface area contributed by atoms with Crippen molar-refractivity contribution >= 4 is 17.3 Å². The third-order valence-corrected chi connectivity index (χ3v) is 3.17. The van der Waals surface area contributed by atoms with Crippen LogP contribution >= 0.6 is 0 Å². The predicted octanol–water partition coefficient (Wildman–Crippen LogP) is 3.58. The van der Waals surface area contributed by atoms with E-state index in [1.165, 1.54) is 5.56 Å². The maximum absolute atomic E-state index is 5.47. The highest BCUT2D eigenvalue weighted by Gasteiger charge is 2.08. The molecule has 2 aromatic rings. The Morgan fingerprint density at radius 2 is 1.76 bits per heavy atom. The van der Waals surface area contributed by atoms with E-state index in [-0.39, 0.29) is 5.92 Å². The molecule has 0 atom stereocenters. The zero-order valence-electron chi connectivity index (χ0n) is 12.9. The standard InChI is InChI=1S/C16H23N5/c1-4-5-12-6-8-13(9-7-12)18-14-10-15(21-17)20-16(19-14)11(2)3/h6-11H,4-5,17H2,1-3H3,(H2,18,19,20,21).